The van der Waals surface area contributed by atoms with Crippen LogP contribution in [0, 0.1) is 0 Å². The number of hydrogen-bond acceptors (Lipinski definition) is 7. The number of nitrogens with zero attached hydrogens (tertiary/aromatic N) is 2. The average Bonchev–Trinajstić information content (AvgIpc) is 3.47. The molecule has 0 amide bonds. The van der Waals surface area contributed by atoms with E-state index in [9.17, 15) is 4.79 Å². The minimum atomic E-state index is -0.426. The molecular weight excluding hydrogens is 380 g/mol. The molecular formula is C20H14N2O3S2. The fraction of sp³-hybridized carbons (Fsp3) is 0.0500. The van der Waals surface area contributed by atoms with Gasteiger partial charge in [0.25, 0.3) is 5.89 Å². The van der Waals surface area contributed by atoms with Crippen molar-refractivity contribution in [2.75, 3.05) is 0 Å². The van der Waals surface area contributed by atoms with Gasteiger partial charge in [0.1, 0.15) is 0 Å². The van der Waals surface area contributed by atoms with Crippen LogP contribution in [0.4, 0.5) is 0 Å². The van der Waals surface area contributed by atoms with Crippen LogP contribution < -0.4 is 0 Å². The number of hydrogen-bond donors (Lipinski definition) is 0. The number of benzene rings is 1. The average molecular weight is 394 g/mol. The SMILES string of the molecule is O=C(OCc1nnc(-c2ccccc2)o1)C(=Cc1cccs1)c1cccs1. The van der Waals surface area contributed by atoms with Crippen molar-refractivity contribution < 1.29 is 13.9 Å². The Balaban J connectivity index is 1.48. The first kappa shape index (κ1) is 17.4. The molecule has 7 heteroatoms. The Labute approximate surface area is 163 Å². The van der Waals surface area contributed by atoms with Crippen molar-refractivity contribution in [3.8, 4) is 11.5 Å². The summed E-state index contributed by atoms with van der Waals surface area (Å²) in [6.45, 7) is -0.0776. The predicted octanol–water partition coefficient (Wildman–Crippen LogP) is 5.14. The summed E-state index contributed by atoms with van der Waals surface area (Å²) in [6.07, 6.45) is 1.84. The highest BCUT2D eigenvalue weighted by molar-refractivity contribution is 7.12. The van der Waals surface area contributed by atoms with Gasteiger partial charge in [-0.3, -0.25) is 0 Å². The molecule has 0 aliphatic heterocycles. The van der Waals surface area contributed by atoms with Crippen molar-refractivity contribution in [2.24, 2.45) is 0 Å². The lowest BCUT2D eigenvalue weighted by atomic mass is 10.2. The Morgan fingerprint density at radius 2 is 1.81 bits per heavy atom. The molecule has 27 heavy (non-hydrogen) atoms. The molecule has 0 aliphatic rings. The van der Waals surface area contributed by atoms with Crippen LogP contribution in [0.1, 0.15) is 15.6 Å². The van der Waals surface area contributed by atoms with Gasteiger partial charge in [-0.25, -0.2) is 4.79 Å². The molecule has 4 rings (SSSR count). The van der Waals surface area contributed by atoms with Gasteiger partial charge in [0.15, 0.2) is 6.61 Å². The maximum Gasteiger partial charge on any atom is 0.340 e. The number of thiophene rings is 2. The van der Waals surface area contributed by atoms with Crippen LogP contribution in [-0.4, -0.2) is 16.2 Å². The summed E-state index contributed by atoms with van der Waals surface area (Å²) < 4.78 is 11.0. The van der Waals surface area contributed by atoms with E-state index in [0.717, 1.165) is 15.3 Å². The van der Waals surface area contributed by atoms with E-state index in [1.54, 1.807) is 11.3 Å². The van der Waals surface area contributed by atoms with Crippen LogP contribution in [0.5, 0.6) is 0 Å². The number of aromatic nitrogens is 2. The molecule has 3 aromatic heterocycles. The zero-order chi connectivity index (χ0) is 18.5. The van der Waals surface area contributed by atoms with Crippen molar-refractivity contribution in [1.29, 1.82) is 0 Å². The molecule has 0 atom stereocenters. The van der Waals surface area contributed by atoms with Crippen LogP contribution in [-0.2, 0) is 16.1 Å². The molecule has 134 valence electrons. The van der Waals surface area contributed by atoms with Gasteiger partial charge in [-0.2, -0.15) is 0 Å². The Bertz CT molecular complexity index is 1040. The number of esters is 1. The zero-order valence-electron chi connectivity index (χ0n) is 14.1. The second-order valence-corrected chi connectivity index (χ2v) is 7.42. The van der Waals surface area contributed by atoms with E-state index in [1.165, 1.54) is 11.3 Å². The van der Waals surface area contributed by atoms with Crippen LogP contribution >= 0.6 is 22.7 Å². The van der Waals surface area contributed by atoms with Crippen molar-refractivity contribution in [2.45, 2.75) is 6.61 Å². The monoisotopic (exact) mass is 394 g/mol. The van der Waals surface area contributed by atoms with Crippen molar-refractivity contribution >= 4 is 40.3 Å². The molecule has 0 saturated carbocycles. The molecule has 0 unspecified atom stereocenters. The third-order valence-electron chi connectivity index (χ3n) is 3.65. The fourth-order valence-corrected chi connectivity index (χ4v) is 3.78. The van der Waals surface area contributed by atoms with Crippen molar-refractivity contribution in [3.63, 3.8) is 0 Å². The fourth-order valence-electron chi connectivity index (χ4n) is 2.39. The number of carbonyl (C=O) groups is 1. The third-order valence-corrected chi connectivity index (χ3v) is 5.37. The lowest BCUT2D eigenvalue weighted by Crippen LogP contribution is -2.06. The van der Waals surface area contributed by atoms with Gasteiger partial charge in [0.05, 0.1) is 5.57 Å². The quantitative estimate of drug-likeness (QED) is 0.334. The highest BCUT2D eigenvalue weighted by Gasteiger charge is 2.17. The van der Waals surface area contributed by atoms with Crippen LogP contribution in [0.2, 0.25) is 0 Å². The van der Waals surface area contributed by atoms with E-state index in [0.29, 0.717) is 11.5 Å². The summed E-state index contributed by atoms with van der Waals surface area (Å²) in [5.74, 6) is 0.225. The minimum Gasteiger partial charge on any atom is -0.452 e. The summed E-state index contributed by atoms with van der Waals surface area (Å²) in [4.78, 5) is 14.5. The van der Waals surface area contributed by atoms with E-state index in [2.05, 4.69) is 10.2 Å². The van der Waals surface area contributed by atoms with Crippen LogP contribution in [0.15, 0.2) is 69.8 Å². The van der Waals surface area contributed by atoms with Gasteiger partial charge in [-0.15, -0.1) is 32.9 Å². The smallest absolute Gasteiger partial charge is 0.340 e. The summed E-state index contributed by atoms with van der Waals surface area (Å²) in [7, 11) is 0. The van der Waals surface area contributed by atoms with E-state index >= 15 is 0 Å². The first-order chi connectivity index (χ1) is 13.3. The second-order valence-electron chi connectivity index (χ2n) is 5.49. The topological polar surface area (TPSA) is 65.2 Å². The highest BCUT2D eigenvalue weighted by atomic mass is 32.1. The Hall–Kier alpha value is -3.03. The molecule has 0 spiro atoms. The highest BCUT2D eigenvalue weighted by Crippen LogP contribution is 2.26. The molecule has 5 nitrogen and oxygen atoms in total. The maximum atomic E-state index is 12.6. The largest absolute Gasteiger partial charge is 0.452 e. The molecule has 3 heterocycles. The van der Waals surface area contributed by atoms with Crippen molar-refractivity contribution in [1.82, 2.24) is 10.2 Å². The summed E-state index contributed by atoms with van der Waals surface area (Å²) in [5.41, 5.74) is 1.33. The molecule has 1 aromatic carbocycles. The molecule has 0 bridgehead atoms. The molecule has 0 N–H and O–H groups in total. The van der Waals surface area contributed by atoms with Gasteiger partial charge >= 0.3 is 5.97 Å². The Kier molecular flexibility index (Phi) is 5.22. The number of carbonyl (C=O) groups excluding carboxylic acids is 1. The lowest BCUT2D eigenvalue weighted by Gasteiger charge is -2.05. The number of rotatable bonds is 6. The standard InChI is InChI=1S/C20H14N2O3S2/c23-20(16(17-9-5-11-27-17)12-15-8-4-10-26-15)24-13-18-21-22-19(25-18)14-6-2-1-3-7-14/h1-12H,13H2. The first-order valence-electron chi connectivity index (χ1n) is 8.13. The first-order valence-corrected chi connectivity index (χ1v) is 9.89. The van der Waals surface area contributed by atoms with E-state index in [4.69, 9.17) is 9.15 Å². The van der Waals surface area contributed by atoms with E-state index in [1.807, 2.05) is 71.4 Å². The van der Waals surface area contributed by atoms with Gasteiger partial charge in [0.2, 0.25) is 5.89 Å². The summed E-state index contributed by atoms with van der Waals surface area (Å²) in [6, 6.07) is 17.1. The molecule has 0 fully saturated rings. The van der Waals surface area contributed by atoms with Gasteiger partial charge < -0.3 is 9.15 Å². The normalized spacial score (nSPS) is 11.5. The third kappa shape index (κ3) is 4.21. The van der Waals surface area contributed by atoms with E-state index in [-0.39, 0.29) is 12.5 Å². The van der Waals surface area contributed by atoms with Crippen LogP contribution in [0.25, 0.3) is 23.1 Å². The number of ether oxygens (including phenoxy) is 1. The Morgan fingerprint density at radius 3 is 2.56 bits per heavy atom. The molecule has 4 aromatic rings. The van der Waals surface area contributed by atoms with E-state index < -0.39 is 5.97 Å². The van der Waals surface area contributed by atoms with Crippen molar-refractivity contribution in [3.05, 3.63) is 81.0 Å². The Morgan fingerprint density at radius 1 is 1.00 bits per heavy atom. The predicted molar refractivity (Wildman–Crippen MR) is 106 cm³/mol. The van der Waals surface area contributed by atoms with Gasteiger partial charge in [-0.1, -0.05) is 30.3 Å². The summed E-state index contributed by atoms with van der Waals surface area (Å²) in [5, 5.41) is 11.8. The van der Waals surface area contributed by atoms with Gasteiger partial charge in [-0.05, 0) is 41.1 Å². The second kappa shape index (κ2) is 8.11. The lowest BCUT2D eigenvalue weighted by molar-refractivity contribution is -0.138. The summed E-state index contributed by atoms with van der Waals surface area (Å²) >= 11 is 3.05. The molecule has 0 radical (unpaired) electrons. The molecule has 0 saturated heterocycles. The van der Waals surface area contributed by atoms with Gasteiger partial charge in [0, 0.05) is 15.3 Å². The zero-order valence-corrected chi connectivity index (χ0v) is 15.7. The maximum absolute atomic E-state index is 12.6. The minimum absolute atomic E-state index is 0.0776. The molecule has 0 aliphatic carbocycles. The van der Waals surface area contributed by atoms with Crippen LogP contribution in [0.3, 0.4) is 0 Å².